The van der Waals surface area contributed by atoms with Crippen molar-refractivity contribution in [2.75, 3.05) is 6.54 Å². The molecule has 5 nitrogen and oxygen atoms in total. The second-order valence-electron chi connectivity index (χ2n) is 7.07. The number of halogens is 2. The summed E-state index contributed by atoms with van der Waals surface area (Å²) in [6, 6.07) is 5.29. The standard InChI is InChI=1S/C19H24Cl2N4O/c1-12-15(10-18(26)23-19(11-22)7-3-4-8-19)13(2)25(24-12)17-6-5-14(20)9-16(17)21/h5-6,9H,3-4,7-8,10-11,22H2,1-2H3,(H,23,26). The van der Waals surface area contributed by atoms with Crippen LogP contribution < -0.4 is 11.1 Å². The zero-order valence-corrected chi connectivity index (χ0v) is 16.6. The van der Waals surface area contributed by atoms with E-state index in [1.165, 1.54) is 0 Å². The Morgan fingerprint density at radius 2 is 2.00 bits per heavy atom. The molecule has 0 unspecified atom stereocenters. The molecule has 3 rings (SSSR count). The zero-order chi connectivity index (χ0) is 18.9. The summed E-state index contributed by atoms with van der Waals surface area (Å²) in [5.74, 6) is -0.00898. The lowest BCUT2D eigenvalue weighted by atomic mass is 9.97. The zero-order valence-electron chi connectivity index (χ0n) is 15.1. The summed E-state index contributed by atoms with van der Waals surface area (Å²) >= 11 is 12.3. The lowest BCUT2D eigenvalue weighted by molar-refractivity contribution is -0.122. The number of aryl methyl sites for hydroxylation is 1. The first-order valence-electron chi connectivity index (χ1n) is 8.87. The summed E-state index contributed by atoms with van der Waals surface area (Å²) in [7, 11) is 0. The van der Waals surface area contributed by atoms with Crippen molar-refractivity contribution in [1.82, 2.24) is 15.1 Å². The number of benzene rings is 1. The van der Waals surface area contributed by atoms with Crippen molar-refractivity contribution in [1.29, 1.82) is 0 Å². The van der Waals surface area contributed by atoms with E-state index in [0.717, 1.165) is 48.3 Å². The second-order valence-corrected chi connectivity index (χ2v) is 7.92. The van der Waals surface area contributed by atoms with Crippen molar-refractivity contribution < 1.29 is 4.79 Å². The summed E-state index contributed by atoms with van der Waals surface area (Å²) in [5.41, 5.74) is 9.06. The highest BCUT2D eigenvalue weighted by Crippen LogP contribution is 2.30. The van der Waals surface area contributed by atoms with Crippen LogP contribution in [0.15, 0.2) is 18.2 Å². The molecule has 0 radical (unpaired) electrons. The van der Waals surface area contributed by atoms with Gasteiger partial charge in [0.15, 0.2) is 0 Å². The number of carbonyl (C=O) groups is 1. The Balaban J connectivity index is 1.83. The van der Waals surface area contributed by atoms with Crippen LogP contribution in [-0.2, 0) is 11.2 Å². The third kappa shape index (κ3) is 3.75. The Kier molecular flexibility index (Phi) is 5.61. The average molecular weight is 395 g/mol. The number of rotatable bonds is 5. The van der Waals surface area contributed by atoms with E-state index < -0.39 is 0 Å². The highest BCUT2D eigenvalue weighted by atomic mass is 35.5. The summed E-state index contributed by atoms with van der Waals surface area (Å²) < 4.78 is 1.77. The van der Waals surface area contributed by atoms with Gasteiger partial charge in [0, 0.05) is 22.8 Å². The number of nitrogens with one attached hydrogen (secondary N) is 1. The lowest BCUT2D eigenvalue weighted by Gasteiger charge is -2.28. The van der Waals surface area contributed by atoms with Gasteiger partial charge in [0.1, 0.15) is 0 Å². The number of aromatic nitrogens is 2. The van der Waals surface area contributed by atoms with E-state index >= 15 is 0 Å². The molecule has 0 aliphatic heterocycles. The number of hydrogen-bond acceptors (Lipinski definition) is 3. The Hall–Kier alpha value is -1.56. The first-order chi connectivity index (χ1) is 12.3. The summed E-state index contributed by atoms with van der Waals surface area (Å²) in [4.78, 5) is 12.6. The van der Waals surface area contributed by atoms with Crippen LogP contribution in [0.1, 0.15) is 42.6 Å². The number of nitrogens with zero attached hydrogens (tertiary/aromatic N) is 2. The molecule has 1 heterocycles. The average Bonchev–Trinajstić information content (AvgIpc) is 3.16. The van der Waals surface area contributed by atoms with Crippen molar-refractivity contribution >= 4 is 29.1 Å². The number of carbonyl (C=O) groups excluding carboxylic acids is 1. The maximum atomic E-state index is 12.6. The van der Waals surface area contributed by atoms with E-state index in [1.807, 2.05) is 19.9 Å². The molecule has 1 fully saturated rings. The van der Waals surface area contributed by atoms with Crippen LogP contribution in [0.5, 0.6) is 0 Å². The van der Waals surface area contributed by atoms with Crippen LogP contribution in [0.2, 0.25) is 10.0 Å². The molecule has 0 saturated heterocycles. The second kappa shape index (κ2) is 7.59. The predicted molar refractivity (Wildman–Crippen MR) is 105 cm³/mol. The Bertz CT molecular complexity index is 825. The molecule has 0 atom stereocenters. The van der Waals surface area contributed by atoms with Gasteiger partial charge in [-0.2, -0.15) is 5.10 Å². The van der Waals surface area contributed by atoms with Crippen molar-refractivity contribution in [3.05, 3.63) is 45.2 Å². The van der Waals surface area contributed by atoms with Gasteiger partial charge >= 0.3 is 0 Å². The van der Waals surface area contributed by atoms with Crippen LogP contribution in [-0.4, -0.2) is 27.8 Å². The minimum absolute atomic E-state index is 0.00898. The van der Waals surface area contributed by atoms with E-state index in [1.54, 1.807) is 16.8 Å². The lowest BCUT2D eigenvalue weighted by Crippen LogP contribution is -2.52. The quantitative estimate of drug-likeness (QED) is 0.811. The van der Waals surface area contributed by atoms with Crippen LogP contribution in [0.4, 0.5) is 0 Å². The van der Waals surface area contributed by atoms with Crippen molar-refractivity contribution in [2.45, 2.75) is 51.5 Å². The molecular weight excluding hydrogens is 371 g/mol. The van der Waals surface area contributed by atoms with E-state index in [0.29, 0.717) is 16.6 Å². The molecule has 0 bridgehead atoms. The van der Waals surface area contributed by atoms with Crippen molar-refractivity contribution in [2.24, 2.45) is 5.73 Å². The van der Waals surface area contributed by atoms with Crippen LogP contribution in [0.3, 0.4) is 0 Å². The Labute approximate surface area is 163 Å². The van der Waals surface area contributed by atoms with Crippen LogP contribution in [0.25, 0.3) is 5.69 Å². The molecule has 1 saturated carbocycles. The van der Waals surface area contributed by atoms with Gasteiger partial charge in [0.25, 0.3) is 0 Å². The first-order valence-corrected chi connectivity index (χ1v) is 9.62. The molecule has 140 valence electrons. The van der Waals surface area contributed by atoms with Gasteiger partial charge < -0.3 is 11.1 Å². The summed E-state index contributed by atoms with van der Waals surface area (Å²) in [6.07, 6.45) is 4.41. The van der Waals surface area contributed by atoms with E-state index in [-0.39, 0.29) is 17.9 Å². The summed E-state index contributed by atoms with van der Waals surface area (Å²) in [5, 5.41) is 8.84. The van der Waals surface area contributed by atoms with E-state index in [9.17, 15) is 4.79 Å². The maximum Gasteiger partial charge on any atom is 0.225 e. The minimum Gasteiger partial charge on any atom is -0.349 e. The fourth-order valence-electron chi connectivity index (χ4n) is 3.75. The molecule has 1 aromatic carbocycles. The number of hydrogen-bond donors (Lipinski definition) is 2. The monoisotopic (exact) mass is 394 g/mol. The molecule has 1 aromatic heterocycles. The molecule has 3 N–H and O–H groups in total. The molecule has 0 spiro atoms. The fraction of sp³-hybridized carbons (Fsp3) is 0.474. The van der Waals surface area contributed by atoms with Crippen molar-refractivity contribution in [3.8, 4) is 5.69 Å². The van der Waals surface area contributed by atoms with Gasteiger partial charge in [-0.25, -0.2) is 4.68 Å². The van der Waals surface area contributed by atoms with Gasteiger partial charge in [-0.1, -0.05) is 36.0 Å². The Morgan fingerprint density at radius 1 is 1.31 bits per heavy atom. The van der Waals surface area contributed by atoms with Gasteiger partial charge in [-0.3, -0.25) is 4.79 Å². The number of nitrogens with two attached hydrogens (primary N) is 1. The van der Waals surface area contributed by atoms with Gasteiger partial charge in [0.2, 0.25) is 5.91 Å². The SMILES string of the molecule is Cc1nn(-c2ccc(Cl)cc2Cl)c(C)c1CC(=O)NC1(CN)CCCC1. The smallest absolute Gasteiger partial charge is 0.225 e. The molecule has 1 aliphatic rings. The molecular formula is C19H24Cl2N4O. The van der Waals surface area contributed by atoms with Crippen molar-refractivity contribution in [3.63, 3.8) is 0 Å². The first kappa shape index (κ1) is 19.2. The molecule has 7 heteroatoms. The normalized spacial score (nSPS) is 16.0. The predicted octanol–water partition coefficient (Wildman–Crippen LogP) is 3.73. The van der Waals surface area contributed by atoms with E-state index in [4.69, 9.17) is 28.9 Å². The highest BCUT2D eigenvalue weighted by Gasteiger charge is 2.34. The largest absolute Gasteiger partial charge is 0.349 e. The highest BCUT2D eigenvalue weighted by molar-refractivity contribution is 6.35. The molecule has 26 heavy (non-hydrogen) atoms. The third-order valence-corrected chi connectivity index (χ3v) is 5.81. The summed E-state index contributed by atoms with van der Waals surface area (Å²) in [6.45, 7) is 4.34. The maximum absolute atomic E-state index is 12.6. The van der Waals surface area contributed by atoms with Crippen LogP contribution in [0, 0.1) is 13.8 Å². The number of amides is 1. The fourth-order valence-corrected chi connectivity index (χ4v) is 4.24. The van der Waals surface area contributed by atoms with E-state index in [2.05, 4.69) is 10.4 Å². The topological polar surface area (TPSA) is 72.9 Å². The third-order valence-electron chi connectivity index (χ3n) is 5.27. The minimum atomic E-state index is -0.242. The van der Waals surface area contributed by atoms with Crippen LogP contribution >= 0.6 is 23.2 Å². The molecule has 1 amide bonds. The van der Waals surface area contributed by atoms with Gasteiger partial charge in [-0.15, -0.1) is 0 Å². The Morgan fingerprint density at radius 3 is 2.62 bits per heavy atom. The van der Waals surface area contributed by atoms with Gasteiger partial charge in [0.05, 0.1) is 28.4 Å². The molecule has 2 aromatic rings. The molecule has 1 aliphatic carbocycles. The van der Waals surface area contributed by atoms with Gasteiger partial charge in [-0.05, 0) is 44.9 Å².